The van der Waals surface area contributed by atoms with Crippen LogP contribution in [0.15, 0.2) is 35.1 Å². The normalized spacial score (nSPS) is 10.3. The average molecular weight is 310 g/mol. The minimum Gasteiger partial charge on any atom is -0.298 e. The summed E-state index contributed by atoms with van der Waals surface area (Å²) in [7, 11) is 0. The zero-order valence-corrected chi connectivity index (χ0v) is 10.7. The second-order valence-electron chi connectivity index (χ2n) is 3.62. The van der Waals surface area contributed by atoms with Crippen LogP contribution in [0.3, 0.4) is 0 Å². The Labute approximate surface area is 111 Å². The summed E-state index contributed by atoms with van der Waals surface area (Å²) in [5.74, 6) is 0. The number of non-ortho nitro benzene ring substituents is 1. The predicted molar refractivity (Wildman–Crippen MR) is 67.5 cm³/mol. The van der Waals surface area contributed by atoms with Crippen molar-refractivity contribution in [3.05, 3.63) is 56.3 Å². The Morgan fingerprint density at radius 2 is 2.28 bits per heavy atom. The number of rotatable bonds is 4. The number of hydrogen-bond donors (Lipinski definition) is 0. The first-order valence-electron chi connectivity index (χ1n) is 5.00. The monoisotopic (exact) mass is 309 g/mol. The van der Waals surface area contributed by atoms with E-state index in [1.54, 1.807) is 16.9 Å². The molecule has 1 aromatic heterocycles. The molecule has 0 aliphatic carbocycles. The zero-order valence-electron chi connectivity index (χ0n) is 9.12. The summed E-state index contributed by atoms with van der Waals surface area (Å²) in [4.78, 5) is 20.7. The van der Waals surface area contributed by atoms with Crippen molar-refractivity contribution in [2.75, 3.05) is 0 Å². The minimum atomic E-state index is -0.451. The molecule has 2 aromatic rings. The molecule has 0 atom stereocenters. The summed E-state index contributed by atoms with van der Waals surface area (Å²) in [6.07, 6.45) is 3.79. The van der Waals surface area contributed by atoms with Crippen LogP contribution in [0.4, 0.5) is 5.69 Å². The topological polar surface area (TPSA) is 78.0 Å². The van der Waals surface area contributed by atoms with Crippen molar-refractivity contribution in [3.8, 4) is 0 Å². The molecule has 1 heterocycles. The van der Waals surface area contributed by atoms with Crippen molar-refractivity contribution in [1.82, 2.24) is 9.78 Å². The van der Waals surface area contributed by atoms with Gasteiger partial charge in [-0.2, -0.15) is 5.10 Å². The lowest BCUT2D eigenvalue weighted by atomic mass is 10.2. The first-order valence-corrected chi connectivity index (χ1v) is 5.80. The highest BCUT2D eigenvalue weighted by atomic mass is 79.9. The maximum Gasteiger partial charge on any atom is 0.270 e. The summed E-state index contributed by atoms with van der Waals surface area (Å²) < 4.78 is 2.23. The van der Waals surface area contributed by atoms with Gasteiger partial charge in [0.25, 0.3) is 5.69 Å². The maximum absolute atomic E-state index is 10.6. The molecule has 0 aliphatic heterocycles. The number of carbonyl (C=O) groups is 1. The maximum atomic E-state index is 10.6. The molecule has 7 heteroatoms. The van der Waals surface area contributed by atoms with Gasteiger partial charge >= 0.3 is 0 Å². The predicted octanol–water partition coefficient (Wildman–Crippen LogP) is 2.41. The van der Waals surface area contributed by atoms with E-state index in [1.807, 2.05) is 0 Å². The summed E-state index contributed by atoms with van der Waals surface area (Å²) in [5.41, 5.74) is 1.37. The molecule has 0 aliphatic rings. The van der Waals surface area contributed by atoms with Crippen LogP contribution in [0.25, 0.3) is 0 Å². The van der Waals surface area contributed by atoms with E-state index in [1.165, 1.54) is 18.3 Å². The van der Waals surface area contributed by atoms with Crippen LogP contribution < -0.4 is 0 Å². The fourth-order valence-electron chi connectivity index (χ4n) is 1.48. The van der Waals surface area contributed by atoms with Crippen LogP contribution in [0.5, 0.6) is 0 Å². The molecule has 92 valence electrons. The minimum absolute atomic E-state index is 0.0275. The van der Waals surface area contributed by atoms with Crippen LogP contribution in [0.2, 0.25) is 0 Å². The molecule has 0 saturated carbocycles. The van der Waals surface area contributed by atoms with Gasteiger partial charge in [0.1, 0.15) is 0 Å². The number of carbonyl (C=O) groups excluding carboxylic acids is 1. The Kier molecular flexibility index (Phi) is 3.52. The van der Waals surface area contributed by atoms with E-state index in [4.69, 9.17) is 0 Å². The van der Waals surface area contributed by atoms with E-state index >= 15 is 0 Å². The molecule has 0 amide bonds. The van der Waals surface area contributed by atoms with E-state index in [-0.39, 0.29) is 5.69 Å². The third kappa shape index (κ3) is 2.62. The lowest BCUT2D eigenvalue weighted by Crippen LogP contribution is -2.01. The van der Waals surface area contributed by atoms with Gasteiger partial charge in [0, 0.05) is 22.8 Å². The second-order valence-corrected chi connectivity index (χ2v) is 4.48. The van der Waals surface area contributed by atoms with Crippen LogP contribution in [-0.4, -0.2) is 21.0 Å². The fraction of sp³-hybridized carbons (Fsp3) is 0.0909. The third-order valence-electron chi connectivity index (χ3n) is 2.37. The first-order chi connectivity index (χ1) is 8.60. The van der Waals surface area contributed by atoms with Crippen molar-refractivity contribution in [3.63, 3.8) is 0 Å². The molecule has 0 radical (unpaired) electrons. The quantitative estimate of drug-likeness (QED) is 0.493. The van der Waals surface area contributed by atoms with Gasteiger partial charge in [-0.1, -0.05) is 15.9 Å². The largest absolute Gasteiger partial charge is 0.298 e. The van der Waals surface area contributed by atoms with E-state index in [9.17, 15) is 14.9 Å². The average Bonchev–Trinajstić information content (AvgIpc) is 2.79. The number of hydrogen-bond acceptors (Lipinski definition) is 4. The summed E-state index contributed by atoms with van der Waals surface area (Å²) >= 11 is 3.28. The molecule has 6 nitrogen and oxygen atoms in total. The smallest absolute Gasteiger partial charge is 0.270 e. The highest BCUT2D eigenvalue weighted by molar-refractivity contribution is 9.10. The standard InChI is InChI=1S/C11H8BrN3O3/c12-11-3-10(15(17)18)2-1-9(11)6-14-5-8(7-16)4-13-14/h1-5,7H,6H2. The van der Waals surface area contributed by atoms with Gasteiger partial charge in [0.15, 0.2) is 6.29 Å². The lowest BCUT2D eigenvalue weighted by molar-refractivity contribution is -0.384. The van der Waals surface area contributed by atoms with E-state index in [0.717, 1.165) is 5.56 Å². The summed E-state index contributed by atoms with van der Waals surface area (Å²) in [5, 5.41) is 14.6. The molecule has 0 saturated heterocycles. The highest BCUT2D eigenvalue weighted by Gasteiger charge is 2.09. The molecule has 0 spiro atoms. The summed E-state index contributed by atoms with van der Waals surface area (Å²) in [6, 6.07) is 4.54. The van der Waals surface area contributed by atoms with Crippen molar-refractivity contribution in [2.45, 2.75) is 6.54 Å². The Bertz CT molecular complexity index is 609. The van der Waals surface area contributed by atoms with Gasteiger partial charge in [-0.05, 0) is 11.6 Å². The van der Waals surface area contributed by atoms with Crippen LogP contribution in [0.1, 0.15) is 15.9 Å². The summed E-state index contributed by atoms with van der Waals surface area (Å²) in [6.45, 7) is 0.437. The molecule has 1 aromatic carbocycles. The van der Waals surface area contributed by atoms with Gasteiger partial charge in [0.05, 0.1) is 23.2 Å². The molecule has 0 fully saturated rings. The Morgan fingerprint density at radius 1 is 1.50 bits per heavy atom. The van der Waals surface area contributed by atoms with Crippen molar-refractivity contribution in [1.29, 1.82) is 0 Å². The molecular formula is C11H8BrN3O3. The zero-order chi connectivity index (χ0) is 13.1. The van der Waals surface area contributed by atoms with Crippen LogP contribution in [0, 0.1) is 10.1 Å². The van der Waals surface area contributed by atoms with Gasteiger partial charge in [0.2, 0.25) is 0 Å². The Hall–Kier alpha value is -2.02. The third-order valence-corrected chi connectivity index (χ3v) is 3.11. The molecule has 0 N–H and O–H groups in total. The van der Waals surface area contributed by atoms with Crippen molar-refractivity contribution < 1.29 is 9.72 Å². The number of benzene rings is 1. The molecule has 18 heavy (non-hydrogen) atoms. The lowest BCUT2D eigenvalue weighted by Gasteiger charge is -2.04. The molecule has 0 unspecified atom stereocenters. The molecular weight excluding hydrogens is 302 g/mol. The van der Waals surface area contributed by atoms with E-state index in [0.29, 0.717) is 22.9 Å². The number of aldehydes is 1. The fourth-order valence-corrected chi connectivity index (χ4v) is 1.97. The SMILES string of the molecule is O=Cc1cnn(Cc2ccc([N+](=O)[O-])cc2Br)c1. The van der Waals surface area contributed by atoms with E-state index in [2.05, 4.69) is 21.0 Å². The first kappa shape index (κ1) is 12.4. The Balaban J connectivity index is 2.24. The van der Waals surface area contributed by atoms with Crippen molar-refractivity contribution >= 4 is 27.9 Å². The van der Waals surface area contributed by atoms with Gasteiger partial charge in [-0.15, -0.1) is 0 Å². The number of aromatic nitrogens is 2. The van der Waals surface area contributed by atoms with E-state index < -0.39 is 4.92 Å². The molecule has 2 rings (SSSR count). The number of nitro groups is 1. The number of halogens is 1. The second kappa shape index (κ2) is 5.09. The van der Waals surface area contributed by atoms with Crippen molar-refractivity contribution in [2.24, 2.45) is 0 Å². The van der Waals surface area contributed by atoms with Gasteiger partial charge < -0.3 is 0 Å². The van der Waals surface area contributed by atoms with Crippen LogP contribution in [-0.2, 0) is 6.54 Å². The number of nitro benzene ring substituents is 1. The molecule has 0 bridgehead atoms. The van der Waals surface area contributed by atoms with Crippen LogP contribution >= 0.6 is 15.9 Å². The van der Waals surface area contributed by atoms with Gasteiger partial charge in [-0.25, -0.2) is 0 Å². The van der Waals surface area contributed by atoms with Gasteiger partial charge in [-0.3, -0.25) is 19.6 Å². The number of nitrogens with zero attached hydrogens (tertiary/aromatic N) is 3. The Morgan fingerprint density at radius 3 is 2.83 bits per heavy atom. The highest BCUT2D eigenvalue weighted by Crippen LogP contribution is 2.23.